The van der Waals surface area contributed by atoms with Gasteiger partial charge in [-0.3, -0.25) is 9.10 Å². The van der Waals surface area contributed by atoms with Gasteiger partial charge in [0.05, 0.1) is 11.9 Å². The van der Waals surface area contributed by atoms with Crippen molar-refractivity contribution in [2.75, 3.05) is 33.9 Å². The number of aryl methyl sites for hydroxylation is 1. The van der Waals surface area contributed by atoms with E-state index in [0.29, 0.717) is 11.4 Å². The molecule has 0 aliphatic carbocycles. The van der Waals surface area contributed by atoms with Crippen molar-refractivity contribution in [3.05, 3.63) is 54.1 Å². The zero-order valence-corrected chi connectivity index (χ0v) is 17.4. The molecule has 150 valence electrons. The summed E-state index contributed by atoms with van der Waals surface area (Å²) in [5.41, 5.74) is 3.20. The molecule has 1 aliphatic rings. The molecule has 1 aliphatic heterocycles. The van der Waals surface area contributed by atoms with Crippen LogP contribution in [0.1, 0.15) is 25.3 Å². The second-order valence-corrected chi connectivity index (χ2v) is 9.16. The van der Waals surface area contributed by atoms with Crippen molar-refractivity contribution < 1.29 is 13.2 Å². The van der Waals surface area contributed by atoms with E-state index in [-0.39, 0.29) is 5.91 Å². The molecule has 2 aromatic carbocycles. The standard InChI is InChI=1S/C21H27N3O3S/c1-16-7-6-8-20(15-16)24(28(3,26)27)17(2)21(25)22-18-9-11-19(12-10-18)23-13-4-5-14-23/h6-12,15,17H,4-5,13-14H2,1-3H3,(H,22,25)/t17-/m0/s1. The minimum atomic E-state index is -3.62. The van der Waals surface area contributed by atoms with Gasteiger partial charge in [0.25, 0.3) is 0 Å². The number of anilines is 3. The van der Waals surface area contributed by atoms with Gasteiger partial charge in [0.2, 0.25) is 15.9 Å². The van der Waals surface area contributed by atoms with E-state index in [1.165, 1.54) is 12.8 Å². The number of rotatable bonds is 6. The van der Waals surface area contributed by atoms with Crippen LogP contribution in [0.5, 0.6) is 0 Å². The van der Waals surface area contributed by atoms with Crippen LogP contribution in [0.4, 0.5) is 17.1 Å². The van der Waals surface area contributed by atoms with E-state index in [0.717, 1.165) is 34.9 Å². The van der Waals surface area contributed by atoms with Gasteiger partial charge in [-0.2, -0.15) is 0 Å². The monoisotopic (exact) mass is 401 g/mol. The molecular formula is C21H27N3O3S. The Balaban J connectivity index is 1.76. The maximum atomic E-state index is 12.8. The van der Waals surface area contributed by atoms with Gasteiger partial charge < -0.3 is 10.2 Å². The first-order valence-corrected chi connectivity index (χ1v) is 11.3. The van der Waals surface area contributed by atoms with Gasteiger partial charge in [-0.25, -0.2) is 8.42 Å². The predicted molar refractivity (Wildman–Crippen MR) is 114 cm³/mol. The Hall–Kier alpha value is -2.54. The molecule has 1 N–H and O–H groups in total. The van der Waals surface area contributed by atoms with Crippen molar-refractivity contribution in [1.82, 2.24) is 0 Å². The van der Waals surface area contributed by atoms with Gasteiger partial charge in [0, 0.05) is 24.5 Å². The van der Waals surface area contributed by atoms with Gasteiger partial charge >= 0.3 is 0 Å². The third-order valence-electron chi connectivity index (χ3n) is 4.95. The first-order chi connectivity index (χ1) is 13.3. The summed E-state index contributed by atoms with van der Waals surface area (Å²) in [5.74, 6) is -0.374. The van der Waals surface area contributed by atoms with Crippen LogP contribution in [0.25, 0.3) is 0 Å². The first-order valence-electron chi connectivity index (χ1n) is 9.47. The third-order valence-corrected chi connectivity index (χ3v) is 6.19. The number of carbonyl (C=O) groups is 1. The largest absolute Gasteiger partial charge is 0.372 e. The van der Waals surface area contributed by atoms with Crippen molar-refractivity contribution in [2.24, 2.45) is 0 Å². The van der Waals surface area contributed by atoms with E-state index in [1.54, 1.807) is 25.1 Å². The number of nitrogens with zero attached hydrogens (tertiary/aromatic N) is 2. The highest BCUT2D eigenvalue weighted by Crippen LogP contribution is 2.24. The molecule has 0 saturated carbocycles. The molecule has 0 bridgehead atoms. The smallest absolute Gasteiger partial charge is 0.247 e. The van der Waals surface area contributed by atoms with E-state index in [4.69, 9.17) is 0 Å². The van der Waals surface area contributed by atoms with Crippen molar-refractivity contribution in [2.45, 2.75) is 32.7 Å². The fraction of sp³-hybridized carbons (Fsp3) is 0.381. The Labute approximate surface area is 167 Å². The molecule has 0 unspecified atom stereocenters. The Morgan fingerprint density at radius 2 is 1.75 bits per heavy atom. The molecule has 28 heavy (non-hydrogen) atoms. The van der Waals surface area contributed by atoms with E-state index in [9.17, 15) is 13.2 Å². The lowest BCUT2D eigenvalue weighted by atomic mass is 10.2. The molecule has 1 heterocycles. The number of carbonyl (C=O) groups excluding carboxylic acids is 1. The van der Waals surface area contributed by atoms with Crippen LogP contribution in [0, 0.1) is 6.92 Å². The van der Waals surface area contributed by atoms with Gasteiger partial charge in [-0.05, 0) is 68.7 Å². The highest BCUT2D eigenvalue weighted by atomic mass is 32.2. The first kappa shape index (κ1) is 20.2. The van der Waals surface area contributed by atoms with Crippen molar-refractivity contribution in [3.8, 4) is 0 Å². The van der Waals surface area contributed by atoms with E-state index < -0.39 is 16.1 Å². The summed E-state index contributed by atoms with van der Waals surface area (Å²) in [6.07, 6.45) is 3.52. The summed E-state index contributed by atoms with van der Waals surface area (Å²) in [4.78, 5) is 15.1. The summed E-state index contributed by atoms with van der Waals surface area (Å²) >= 11 is 0. The Morgan fingerprint density at radius 1 is 1.11 bits per heavy atom. The van der Waals surface area contributed by atoms with Crippen LogP contribution in [-0.2, 0) is 14.8 Å². The lowest BCUT2D eigenvalue weighted by Crippen LogP contribution is -2.45. The molecule has 6 nitrogen and oxygen atoms in total. The zero-order valence-electron chi connectivity index (χ0n) is 16.6. The fourth-order valence-electron chi connectivity index (χ4n) is 3.55. The molecule has 1 amide bonds. The molecule has 2 aromatic rings. The Kier molecular flexibility index (Phi) is 5.93. The summed E-state index contributed by atoms with van der Waals surface area (Å²) < 4.78 is 25.9. The van der Waals surface area contributed by atoms with Crippen LogP contribution < -0.4 is 14.5 Å². The van der Waals surface area contributed by atoms with Crippen molar-refractivity contribution >= 4 is 33.0 Å². The molecule has 1 saturated heterocycles. The second kappa shape index (κ2) is 8.22. The van der Waals surface area contributed by atoms with Crippen molar-refractivity contribution in [1.29, 1.82) is 0 Å². The zero-order chi connectivity index (χ0) is 20.3. The number of nitrogens with one attached hydrogen (secondary N) is 1. The molecule has 0 spiro atoms. The average molecular weight is 402 g/mol. The predicted octanol–water partition coefficient (Wildman–Crippen LogP) is 3.39. The number of benzene rings is 2. The number of amides is 1. The highest BCUT2D eigenvalue weighted by molar-refractivity contribution is 7.92. The summed E-state index contributed by atoms with van der Waals surface area (Å²) in [7, 11) is -3.62. The van der Waals surface area contributed by atoms with Gasteiger partial charge in [0.15, 0.2) is 0 Å². The Bertz CT molecular complexity index is 936. The summed E-state index contributed by atoms with van der Waals surface area (Å²) in [6, 6.07) is 13.9. The topological polar surface area (TPSA) is 69.7 Å². The molecule has 0 aromatic heterocycles. The van der Waals surface area contributed by atoms with E-state index in [2.05, 4.69) is 10.2 Å². The normalized spacial score (nSPS) is 15.3. The maximum Gasteiger partial charge on any atom is 0.247 e. The lowest BCUT2D eigenvalue weighted by Gasteiger charge is -2.28. The number of hydrogen-bond acceptors (Lipinski definition) is 4. The van der Waals surface area contributed by atoms with Gasteiger partial charge in [-0.1, -0.05) is 12.1 Å². The fourth-order valence-corrected chi connectivity index (χ4v) is 4.72. The average Bonchev–Trinajstić information content (AvgIpc) is 3.16. The van der Waals surface area contributed by atoms with Crippen LogP contribution in [0.15, 0.2) is 48.5 Å². The third kappa shape index (κ3) is 4.65. The molecule has 3 rings (SSSR count). The van der Waals surface area contributed by atoms with Gasteiger partial charge in [0.1, 0.15) is 6.04 Å². The number of hydrogen-bond donors (Lipinski definition) is 1. The minimum Gasteiger partial charge on any atom is -0.372 e. The quantitative estimate of drug-likeness (QED) is 0.806. The van der Waals surface area contributed by atoms with Crippen LogP contribution in [0.2, 0.25) is 0 Å². The Morgan fingerprint density at radius 3 is 2.32 bits per heavy atom. The molecule has 1 fully saturated rings. The van der Waals surface area contributed by atoms with E-state index >= 15 is 0 Å². The highest BCUT2D eigenvalue weighted by Gasteiger charge is 2.29. The molecule has 1 atom stereocenters. The van der Waals surface area contributed by atoms with E-state index in [1.807, 2.05) is 37.3 Å². The summed E-state index contributed by atoms with van der Waals surface area (Å²) in [5, 5.41) is 2.83. The minimum absolute atomic E-state index is 0.374. The van der Waals surface area contributed by atoms with Gasteiger partial charge in [-0.15, -0.1) is 0 Å². The van der Waals surface area contributed by atoms with Crippen LogP contribution in [0.3, 0.4) is 0 Å². The van der Waals surface area contributed by atoms with Crippen LogP contribution in [-0.4, -0.2) is 39.7 Å². The van der Waals surface area contributed by atoms with Crippen LogP contribution >= 0.6 is 0 Å². The number of sulfonamides is 1. The lowest BCUT2D eigenvalue weighted by molar-refractivity contribution is -0.116. The summed E-state index contributed by atoms with van der Waals surface area (Å²) in [6.45, 7) is 5.60. The maximum absolute atomic E-state index is 12.8. The molecular weight excluding hydrogens is 374 g/mol. The SMILES string of the molecule is Cc1cccc(N([C@@H](C)C(=O)Nc2ccc(N3CCCC3)cc2)S(C)(=O)=O)c1. The molecule has 7 heteroatoms. The van der Waals surface area contributed by atoms with Crippen molar-refractivity contribution in [3.63, 3.8) is 0 Å². The second-order valence-electron chi connectivity index (χ2n) is 7.30. The molecule has 0 radical (unpaired) electrons.